The number of piperazine rings is 1. The molecule has 0 unspecified atom stereocenters. The topological polar surface area (TPSA) is 66.4 Å². The Morgan fingerprint density at radius 2 is 1.81 bits per heavy atom. The Morgan fingerprint density at radius 1 is 1.00 bits per heavy atom. The number of nitrogens with zero attached hydrogens (tertiary/aromatic N) is 5. The third-order valence-electron chi connectivity index (χ3n) is 4.90. The number of ether oxygens (including phenoxy) is 1. The average molecular weight is 364 g/mol. The van der Waals surface area contributed by atoms with Crippen molar-refractivity contribution in [3.8, 4) is 5.75 Å². The molecule has 0 atom stereocenters. The van der Waals surface area contributed by atoms with Crippen LogP contribution in [0.3, 0.4) is 0 Å². The highest BCUT2D eigenvalue weighted by Gasteiger charge is 2.18. The molecule has 1 aromatic carbocycles. The molecule has 0 radical (unpaired) electrons. The van der Waals surface area contributed by atoms with E-state index in [4.69, 9.17) is 4.74 Å². The van der Waals surface area contributed by atoms with Crippen LogP contribution >= 0.6 is 0 Å². The highest BCUT2D eigenvalue weighted by atomic mass is 16.5. The van der Waals surface area contributed by atoms with E-state index in [2.05, 4.69) is 36.1 Å². The van der Waals surface area contributed by atoms with Crippen LogP contribution in [0.5, 0.6) is 5.75 Å². The van der Waals surface area contributed by atoms with E-state index in [0.29, 0.717) is 0 Å². The molecule has 3 heterocycles. The Bertz CT molecular complexity index is 880. The third kappa shape index (κ3) is 4.09. The van der Waals surface area contributed by atoms with Gasteiger partial charge in [-0.3, -0.25) is 4.90 Å². The van der Waals surface area contributed by atoms with Gasteiger partial charge in [0.05, 0.1) is 7.11 Å². The SMILES string of the molecule is COc1ccc2c(NCCN3CCN(c4ncccn4)CC3)nccc2c1. The monoisotopic (exact) mass is 364 g/mol. The van der Waals surface area contributed by atoms with Crippen LogP contribution in [0.25, 0.3) is 10.8 Å². The van der Waals surface area contributed by atoms with Gasteiger partial charge >= 0.3 is 0 Å². The molecule has 27 heavy (non-hydrogen) atoms. The predicted molar refractivity (Wildman–Crippen MR) is 107 cm³/mol. The van der Waals surface area contributed by atoms with Crippen molar-refractivity contribution < 1.29 is 4.74 Å². The minimum Gasteiger partial charge on any atom is -0.497 e. The second kappa shape index (κ2) is 8.18. The van der Waals surface area contributed by atoms with Gasteiger partial charge in [-0.2, -0.15) is 0 Å². The zero-order valence-electron chi connectivity index (χ0n) is 15.5. The van der Waals surface area contributed by atoms with Crippen LogP contribution in [-0.4, -0.2) is 66.2 Å². The molecule has 1 fully saturated rings. The summed E-state index contributed by atoms with van der Waals surface area (Å²) in [6, 6.07) is 9.92. The normalized spacial score (nSPS) is 15.1. The number of benzene rings is 1. The third-order valence-corrected chi connectivity index (χ3v) is 4.90. The fraction of sp³-hybridized carbons (Fsp3) is 0.350. The lowest BCUT2D eigenvalue weighted by atomic mass is 10.1. The Kier molecular flexibility index (Phi) is 5.29. The molecule has 0 amide bonds. The van der Waals surface area contributed by atoms with Gasteiger partial charge in [0.1, 0.15) is 11.6 Å². The first-order valence-corrected chi connectivity index (χ1v) is 9.24. The molecular formula is C20H24N6O. The van der Waals surface area contributed by atoms with Crippen molar-refractivity contribution >= 4 is 22.5 Å². The van der Waals surface area contributed by atoms with E-state index in [1.165, 1.54) is 0 Å². The molecule has 1 N–H and O–H groups in total. The summed E-state index contributed by atoms with van der Waals surface area (Å²) in [5, 5.41) is 5.73. The maximum absolute atomic E-state index is 5.30. The van der Waals surface area contributed by atoms with E-state index >= 15 is 0 Å². The summed E-state index contributed by atoms with van der Waals surface area (Å²) in [5.41, 5.74) is 0. The molecule has 0 spiro atoms. The van der Waals surface area contributed by atoms with Crippen LogP contribution in [0.15, 0.2) is 48.9 Å². The Morgan fingerprint density at radius 3 is 2.59 bits per heavy atom. The first-order valence-electron chi connectivity index (χ1n) is 9.24. The maximum Gasteiger partial charge on any atom is 0.225 e. The van der Waals surface area contributed by atoms with Crippen molar-refractivity contribution in [3.05, 3.63) is 48.9 Å². The Balaban J connectivity index is 1.30. The van der Waals surface area contributed by atoms with Crippen LogP contribution in [-0.2, 0) is 0 Å². The van der Waals surface area contributed by atoms with E-state index in [9.17, 15) is 0 Å². The number of anilines is 2. The summed E-state index contributed by atoms with van der Waals surface area (Å²) in [6.45, 7) is 5.78. The molecule has 1 saturated heterocycles. The number of aromatic nitrogens is 3. The lowest BCUT2D eigenvalue weighted by Gasteiger charge is -2.34. The first-order chi connectivity index (χ1) is 13.3. The van der Waals surface area contributed by atoms with Crippen molar-refractivity contribution in [2.24, 2.45) is 0 Å². The smallest absolute Gasteiger partial charge is 0.225 e. The molecular weight excluding hydrogens is 340 g/mol. The van der Waals surface area contributed by atoms with E-state index in [1.54, 1.807) is 19.5 Å². The molecule has 1 aliphatic rings. The number of fused-ring (bicyclic) bond motifs is 1. The van der Waals surface area contributed by atoms with E-state index in [1.807, 2.05) is 30.5 Å². The fourth-order valence-corrected chi connectivity index (χ4v) is 3.38. The first kappa shape index (κ1) is 17.5. The van der Waals surface area contributed by atoms with Crippen LogP contribution < -0.4 is 15.0 Å². The molecule has 140 valence electrons. The highest BCUT2D eigenvalue weighted by Crippen LogP contribution is 2.25. The number of hydrogen-bond acceptors (Lipinski definition) is 7. The molecule has 7 heteroatoms. The minimum atomic E-state index is 0.825. The quantitative estimate of drug-likeness (QED) is 0.720. The zero-order valence-corrected chi connectivity index (χ0v) is 15.5. The summed E-state index contributed by atoms with van der Waals surface area (Å²) in [4.78, 5) is 17.9. The molecule has 4 rings (SSSR count). The summed E-state index contributed by atoms with van der Waals surface area (Å²) in [6.07, 6.45) is 5.43. The van der Waals surface area contributed by atoms with Crippen molar-refractivity contribution in [3.63, 3.8) is 0 Å². The van der Waals surface area contributed by atoms with Crippen molar-refractivity contribution in [2.75, 3.05) is 56.6 Å². The van der Waals surface area contributed by atoms with Gasteiger partial charge in [0, 0.05) is 63.2 Å². The number of pyridine rings is 1. The van der Waals surface area contributed by atoms with Gasteiger partial charge in [0.15, 0.2) is 0 Å². The lowest BCUT2D eigenvalue weighted by Crippen LogP contribution is -2.48. The van der Waals surface area contributed by atoms with Gasteiger partial charge < -0.3 is 15.0 Å². The van der Waals surface area contributed by atoms with Gasteiger partial charge in [-0.25, -0.2) is 15.0 Å². The van der Waals surface area contributed by atoms with Crippen molar-refractivity contribution in [1.29, 1.82) is 0 Å². The van der Waals surface area contributed by atoms with Gasteiger partial charge in [-0.05, 0) is 35.7 Å². The molecule has 2 aromatic heterocycles. The molecule has 1 aliphatic heterocycles. The van der Waals surface area contributed by atoms with Crippen LogP contribution in [0.1, 0.15) is 0 Å². The van der Waals surface area contributed by atoms with Gasteiger partial charge in [-0.15, -0.1) is 0 Å². The predicted octanol–water partition coefficient (Wildman–Crippen LogP) is 2.27. The number of methoxy groups -OCH3 is 1. The summed E-state index contributed by atoms with van der Waals surface area (Å²) in [5.74, 6) is 2.61. The Hall–Kier alpha value is -2.93. The van der Waals surface area contributed by atoms with Gasteiger partial charge in [0.2, 0.25) is 5.95 Å². The molecule has 3 aromatic rings. The highest BCUT2D eigenvalue weighted by molar-refractivity contribution is 5.92. The number of nitrogens with one attached hydrogen (secondary N) is 1. The van der Waals surface area contributed by atoms with Gasteiger partial charge in [-0.1, -0.05) is 0 Å². The minimum absolute atomic E-state index is 0.825. The van der Waals surface area contributed by atoms with Crippen LogP contribution in [0.4, 0.5) is 11.8 Å². The summed E-state index contributed by atoms with van der Waals surface area (Å²) in [7, 11) is 1.69. The van der Waals surface area contributed by atoms with Crippen molar-refractivity contribution in [1.82, 2.24) is 19.9 Å². The maximum atomic E-state index is 5.30. The average Bonchev–Trinajstić information content (AvgIpc) is 2.74. The number of rotatable bonds is 6. The largest absolute Gasteiger partial charge is 0.497 e. The van der Waals surface area contributed by atoms with Crippen LogP contribution in [0, 0.1) is 0 Å². The fourth-order valence-electron chi connectivity index (χ4n) is 3.38. The van der Waals surface area contributed by atoms with E-state index < -0.39 is 0 Å². The second-order valence-corrected chi connectivity index (χ2v) is 6.55. The van der Waals surface area contributed by atoms with Gasteiger partial charge in [0.25, 0.3) is 0 Å². The molecule has 7 nitrogen and oxygen atoms in total. The number of hydrogen-bond donors (Lipinski definition) is 1. The van der Waals surface area contributed by atoms with E-state index in [-0.39, 0.29) is 0 Å². The molecule has 0 bridgehead atoms. The zero-order chi connectivity index (χ0) is 18.5. The van der Waals surface area contributed by atoms with E-state index in [0.717, 1.165) is 67.6 Å². The van der Waals surface area contributed by atoms with Crippen molar-refractivity contribution in [2.45, 2.75) is 0 Å². The summed E-state index contributed by atoms with van der Waals surface area (Å²) >= 11 is 0. The second-order valence-electron chi connectivity index (χ2n) is 6.55. The molecule has 0 saturated carbocycles. The standard InChI is InChI=1S/C20H24N6O/c1-27-17-3-4-18-16(15-17)5-8-21-19(18)22-9-10-25-11-13-26(14-12-25)20-23-6-2-7-24-20/h2-8,15H,9-14H2,1H3,(H,21,22). The summed E-state index contributed by atoms with van der Waals surface area (Å²) < 4.78 is 5.30. The lowest BCUT2D eigenvalue weighted by molar-refractivity contribution is 0.266. The Labute approximate surface area is 159 Å². The van der Waals surface area contributed by atoms with Crippen LogP contribution in [0.2, 0.25) is 0 Å². The molecule has 0 aliphatic carbocycles.